The topological polar surface area (TPSA) is 56.9 Å². The van der Waals surface area contributed by atoms with Crippen molar-refractivity contribution < 1.29 is 9.18 Å². The van der Waals surface area contributed by atoms with E-state index < -0.39 is 0 Å². The Kier molecular flexibility index (Phi) is 4.36. The molecule has 0 aliphatic heterocycles. The van der Waals surface area contributed by atoms with Crippen LogP contribution in [0, 0.1) is 5.82 Å². The average Bonchev–Trinajstić information content (AvgIpc) is 2.85. The van der Waals surface area contributed by atoms with E-state index in [1.807, 2.05) is 7.05 Å². The van der Waals surface area contributed by atoms with Crippen molar-refractivity contribution in [1.82, 2.24) is 15.6 Å². The fourth-order valence-corrected chi connectivity index (χ4v) is 3.36. The second-order valence-corrected chi connectivity index (χ2v) is 6.19. The third-order valence-corrected chi connectivity index (χ3v) is 4.79. The number of carbonyl (C=O) groups excluding carboxylic acids is 1. The van der Waals surface area contributed by atoms with E-state index in [1.54, 1.807) is 6.07 Å². The molecule has 0 bridgehead atoms. The van der Waals surface area contributed by atoms with E-state index >= 15 is 0 Å². The van der Waals surface area contributed by atoms with Crippen LogP contribution in [-0.2, 0) is 0 Å². The molecule has 4 nitrogen and oxygen atoms in total. The van der Waals surface area contributed by atoms with E-state index in [0.717, 1.165) is 25.7 Å². The van der Waals surface area contributed by atoms with E-state index in [1.165, 1.54) is 12.1 Å². The van der Waals surface area contributed by atoms with Crippen molar-refractivity contribution in [3.05, 3.63) is 34.7 Å². The number of amides is 1. The second-order valence-electron chi connectivity index (χ2n) is 5.81. The number of carbonyl (C=O) groups is 1. The van der Waals surface area contributed by atoms with Crippen molar-refractivity contribution in [1.29, 1.82) is 0 Å². The van der Waals surface area contributed by atoms with Gasteiger partial charge < -0.3 is 15.6 Å². The minimum atomic E-state index is -0.370. The number of rotatable bonds is 3. The predicted molar refractivity (Wildman–Crippen MR) is 85.8 cm³/mol. The quantitative estimate of drug-likeness (QED) is 0.812. The summed E-state index contributed by atoms with van der Waals surface area (Å²) >= 11 is 6.22. The number of fused-ring (bicyclic) bond motifs is 1. The number of benzene rings is 1. The summed E-state index contributed by atoms with van der Waals surface area (Å²) in [6.07, 6.45) is 3.99. The third-order valence-electron chi connectivity index (χ3n) is 4.39. The molecule has 1 heterocycles. The summed E-state index contributed by atoms with van der Waals surface area (Å²) < 4.78 is 13.3. The second kappa shape index (κ2) is 6.26. The van der Waals surface area contributed by atoms with Crippen molar-refractivity contribution in [3.63, 3.8) is 0 Å². The van der Waals surface area contributed by atoms with Gasteiger partial charge in [-0.3, -0.25) is 4.79 Å². The highest BCUT2D eigenvalue weighted by Crippen LogP contribution is 2.28. The Hall–Kier alpha value is -1.59. The van der Waals surface area contributed by atoms with E-state index in [4.69, 9.17) is 11.6 Å². The van der Waals surface area contributed by atoms with Crippen LogP contribution in [0.1, 0.15) is 36.2 Å². The van der Waals surface area contributed by atoms with Crippen LogP contribution < -0.4 is 10.6 Å². The Morgan fingerprint density at radius 2 is 1.95 bits per heavy atom. The first-order valence-corrected chi connectivity index (χ1v) is 7.91. The lowest BCUT2D eigenvalue weighted by atomic mass is 9.91. The predicted octanol–water partition coefficient (Wildman–Crippen LogP) is 3.22. The molecule has 3 rings (SSSR count). The van der Waals surface area contributed by atoms with Gasteiger partial charge in [0.15, 0.2) is 0 Å². The maximum absolute atomic E-state index is 13.3. The van der Waals surface area contributed by atoms with E-state index in [0.29, 0.717) is 22.6 Å². The van der Waals surface area contributed by atoms with Crippen LogP contribution in [0.2, 0.25) is 5.02 Å². The number of H-pyrrole nitrogens is 1. The van der Waals surface area contributed by atoms with Crippen LogP contribution in [0.3, 0.4) is 0 Å². The highest BCUT2D eigenvalue weighted by atomic mass is 35.5. The van der Waals surface area contributed by atoms with Gasteiger partial charge in [-0.2, -0.15) is 0 Å². The van der Waals surface area contributed by atoms with Gasteiger partial charge >= 0.3 is 0 Å². The molecule has 1 aromatic carbocycles. The van der Waals surface area contributed by atoms with E-state index in [9.17, 15) is 9.18 Å². The molecule has 118 valence electrons. The van der Waals surface area contributed by atoms with Gasteiger partial charge in [-0.05, 0) is 50.9 Å². The molecule has 2 aromatic rings. The first-order valence-electron chi connectivity index (χ1n) is 7.53. The molecule has 22 heavy (non-hydrogen) atoms. The third kappa shape index (κ3) is 2.96. The Bertz CT molecular complexity index is 692. The lowest BCUT2D eigenvalue weighted by Gasteiger charge is -2.28. The van der Waals surface area contributed by atoms with Crippen molar-refractivity contribution in [2.24, 2.45) is 0 Å². The lowest BCUT2D eigenvalue weighted by Crippen LogP contribution is -2.41. The molecule has 3 N–H and O–H groups in total. The molecule has 0 atom stereocenters. The number of aromatic nitrogens is 1. The van der Waals surface area contributed by atoms with Crippen molar-refractivity contribution in [3.8, 4) is 0 Å². The van der Waals surface area contributed by atoms with Crippen LogP contribution in [-0.4, -0.2) is 30.0 Å². The number of hydrogen-bond acceptors (Lipinski definition) is 2. The molecule has 1 fully saturated rings. The zero-order valence-electron chi connectivity index (χ0n) is 12.4. The fraction of sp³-hybridized carbons (Fsp3) is 0.438. The SMILES string of the molecule is CNC1CCC(NC(=O)c2[nH]c3ccc(F)cc3c2Cl)CC1. The van der Waals surface area contributed by atoms with Gasteiger partial charge in [0.05, 0.1) is 5.02 Å². The van der Waals surface area contributed by atoms with Crippen LogP contribution in [0.4, 0.5) is 4.39 Å². The van der Waals surface area contributed by atoms with Gasteiger partial charge in [-0.15, -0.1) is 0 Å². The maximum atomic E-state index is 13.3. The van der Waals surface area contributed by atoms with Gasteiger partial charge in [0, 0.05) is 23.0 Å². The molecule has 0 radical (unpaired) electrons. The van der Waals surface area contributed by atoms with Crippen molar-refractivity contribution in [2.75, 3.05) is 7.05 Å². The maximum Gasteiger partial charge on any atom is 0.269 e. The molecular weight excluding hydrogens is 305 g/mol. The molecule has 0 unspecified atom stereocenters. The molecule has 1 aliphatic rings. The number of hydrogen-bond donors (Lipinski definition) is 3. The lowest BCUT2D eigenvalue weighted by molar-refractivity contribution is 0.0920. The molecule has 1 aromatic heterocycles. The first kappa shape index (κ1) is 15.3. The average molecular weight is 324 g/mol. The monoisotopic (exact) mass is 323 g/mol. The van der Waals surface area contributed by atoms with Gasteiger partial charge in [0.25, 0.3) is 5.91 Å². The van der Waals surface area contributed by atoms with Gasteiger partial charge in [-0.25, -0.2) is 4.39 Å². The Morgan fingerprint density at radius 3 is 2.64 bits per heavy atom. The van der Waals surface area contributed by atoms with E-state index in [-0.39, 0.29) is 22.8 Å². The standard InChI is InChI=1S/C16H19ClFN3O/c1-19-10-3-5-11(6-4-10)20-16(22)15-14(17)12-8-9(18)2-7-13(12)21-15/h2,7-8,10-11,19,21H,3-6H2,1H3,(H,20,22). The van der Waals surface area contributed by atoms with Crippen LogP contribution in [0.15, 0.2) is 18.2 Å². The summed E-state index contributed by atoms with van der Waals surface area (Å²) in [5.74, 6) is -0.597. The van der Waals surface area contributed by atoms with Gasteiger partial charge in [-0.1, -0.05) is 11.6 Å². The highest BCUT2D eigenvalue weighted by Gasteiger charge is 2.24. The summed E-state index contributed by atoms with van der Waals surface area (Å²) in [6, 6.07) is 4.97. The number of aromatic amines is 1. The minimum absolute atomic E-state index is 0.163. The zero-order valence-corrected chi connectivity index (χ0v) is 13.1. The number of halogens is 2. The molecular formula is C16H19ClFN3O. The largest absolute Gasteiger partial charge is 0.349 e. The minimum Gasteiger partial charge on any atom is -0.349 e. The summed E-state index contributed by atoms with van der Waals surface area (Å²) in [5.41, 5.74) is 0.966. The van der Waals surface area contributed by atoms with Crippen LogP contribution in [0.5, 0.6) is 0 Å². The highest BCUT2D eigenvalue weighted by molar-refractivity contribution is 6.38. The van der Waals surface area contributed by atoms with Gasteiger partial charge in [0.2, 0.25) is 0 Å². The summed E-state index contributed by atoms with van der Waals surface area (Å²) in [4.78, 5) is 15.4. The van der Waals surface area contributed by atoms with Gasteiger partial charge in [0.1, 0.15) is 11.5 Å². The Morgan fingerprint density at radius 1 is 1.27 bits per heavy atom. The summed E-state index contributed by atoms with van der Waals surface area (Å²) in [6.45, 7) is 0. The molecule has 6 heteroatoms. The smallest absolute Gasteiger partial charge is 0.269 e. The molecule has 0 spiro atoms. The Labute approximate surface area is 133 Å². The van der Waals surface area contributed by atoms with Crippen LogP contribution in [0.25, 0.3) is 10.9 Å². The molecule has 1 aliphatic carbocycles. The summed E-state index contributed by atoms with van der Waals surface area (Å²) in [5, 5.41) is 7.09. The fourth-order valence-electron chi connectivity index (χ4n) is 3.07. The zero-order chi connectivity index (χ0) is 15.7. The molecule has 0 saturated heterocycles. The molecule has 1 amide bonds. The van der Waals surface area contributed by atoms with Crippen LogP contribution >= 0.6 is 11.6 Å². The van der Waals surface area contributed by atoms with Crippen molar-refractivity contribution in [2.45, 2.75) is 37.8 Å². The number of nitrogens with one attached hydrogen (secondary N) is 3. The van der Waals surface area contributed by atoms with E-state index in [2.05, 4.69) is 15.6 Å². The molecule has 1 saturated carbocycles. The van der Waals surface area contributed by atoms with Crippen molar-refractivity contribution >= 4 is 28.4 Å². The first-order chi connectivity index (χ1) is 10.6. The normalized spacial score (nSPS) is 22.0. The summed E-state index contributed by atoms with van der Waals surface area (Å²) in [7, 11) is 1.97. The Balaban J connectivity index is 1.74.